The number of piperidine rings is 3. The normalized spacial score (nSPS) is 19.6. The van der Waals surface area contributed by atoms with Crippen LogP contribution in [0, 0.1) is 6.92 Å². The summed E-state index contributed by atoms with van der Waals surface area (Å²) in [6.07, 6.45) is 7.44. The highest BCUT2D eigenvalue weighted by Gasteiger charge is 2.39. The van der Waals surface area contributed by atoms with Gasteiger partial charge >= 0.3 is 0 Å². The fraction of sp³-hybridized carbons (Fsp3) is 0.438. The number of anilines is 1. The minimum atomic E-state index is -1.35. The molecule has 7 rings (SSSR count). The summed E-state index contributed by atoms with van der Waals surface area (Å²) >= 11 is 0. The van der Waals surface area contributed by atoms with Crippen LogP contribution in [0.4, 0.5) is 10.1 Å². The number of alkyl halides is 1. The first-order valence-electron chi connectivity index (χ1n) is 21.8. The minimum absolute atomic E-state index is 0.0108. The van der Waals surface area contributed by atoms with Crippen molar-refractivity contribution in [2.24, 2.45) is 17.2 Å². The van der Waals surface area contributed by atoms with Crippen molar-refractivity contribution < 1.29 is 28.6 Å². The van der Waals surface area contributed by atoms with Crippen LogP contribution in [-0.2, 0) is 14.3 Å². The van der Waals surface area contributed by atoms with Gasteiger partial charge in [-0.1, -0.05) is 24.3 Å². The molecule has 0 radical (unpaired) electrons. The fourth-order valence-corrected chi connectivity index (χ4v) is 9.40. The molecule has 4 heterocycles. The van der Waals surface area contributed by atoms with Gasteiger partial charge in [-0.05, 0) is 92.9 Å². The van der Waals surface area contributed by atoms with Gasteiger partial charge in [-0.2, -0.15) is 0 Å². The van der Waals surface area contributed by atoms with Crippen LogP contribution >= 0.6 is 0 Å². The fourth-order valence-electron chi connectivity index (χ4n) is 9.40. The second-order valence-corrected chi connectivity index (χ2v) is 17.0. The molecule has 4 aromatic rings. The second-order valence-electron chi connectivity index (χ2n) is 17.0. The summed E-state index contributed by atoms with van der Waals surface area (Å²) in [5, 5.41) is 17.5. The van der Waals surface area contributed by atoms with Crippen molar-refractivity contribution in [1.82, 2.24) is 24.6 Å². The van der Waals surface area contributed by atoms with E-state index in [1.165, 1.54) is 5.56 Å². The number of carbonyl (C=O) groups excluding carboxylic acids is 3. The topological polar surface area (TPSA) is 197 Å². The van der Waals surface area contributed by atoms with Crippen LogP contribution in [-0.4, -0.2) is 121 Å². The van der Waals surface area contributed by atoms with E-state index in [2.05, 4.69) is 50.3 Å². The van der Waals surface area contributed by atoms with E-state index in [0.29, 0.717) is 93.5 Å². The summed E-state index contributed by atoms with van der Waals surface area (Å²) < 4.78 is 24.7. The Labute approximate surface area is 369 Å². The number of amides is 2. The molecule has 0 bridgehead atoms. The molecule has 2 amide bonds. The van der Waals surface area contributed by atoms with E-state index in [0.717, 1.165) is 48.1 Å². The first kappa shape index (κ1) is 46.6. The molecule has 9 N–H and O–H groups in total. The number of aromatic hydroxyl groups is 1. The number of nitrogens with one attached hydrogen (secondary N) is 2. The van der Waals surface area contributed by atoms with Crippen molar-refractivity contribution in [3.8, 4) is 5.75 Å². The average Bonchev–Trinajstić information content (AvgIpc) is 3.63. The maximum atomic E-state index is 16.4. The van der Waals surface area contributed by atoms with Gasteiger partial charge in [-0.15, -0.1) is 0 Å². The van der Waals surface area contributed by atoms with Gasteiger partial charge in [0.25, 0.3) is 5.91 Å². The third-order valence-corrected chi connectivity index (χ3v) is 12.9. The first-order chi connectivity index (χ1) is 30.4. The molecule has 14 nitrogen and oxygen atoms in total. The lowest BCUT2D eigenvalue weighted by Gasteiger charge is -2.41. The number of ether oxygens (including phenoxy) is 1. The molecule has 2 unspecified atom stereocenters. The molecule has 3 aliphatic heterocycles. The summed E-state index contributed by atoms with van der Waals surface area (Å²) in [5.74, 6) is 0.0402. The lowest BCUT2D eigenvalue weighted by Crippen LogP contribution is -2.51. The van der Waals surface area contributed by atoms with E-state index in [1.54, 1.807) is 42.4 Å². The Morgan fingerprint density at radius 2 is 1.65 bits per heavy atom. The van der Waals surface area contributed by atoms with Crippen LogP contribution in [0.15, 0.2) is 90.5 Å². The highest BCUT2D eigenvalue weighted by molar-refractivity contribution is 5.95. The molecular formula is C48H64FN9O5. The van der Waals surface area contributed by atoms with Gasteiger partial charge in [0.1, 0.15) is 24.0 Å². The highest BCUT2D eigenvalue weighted by atomic mass is 19.1. The first-order valence-corrected chi connectivity index (χ1v) is 21.8. The standard InChI is InChI=1S/C47H62FN9O4.CH2O/c1-31-28-57(40-13-12-34(26-37(31)40)53-44(59)14-20-52-2)35-15-21-54(22-16-35)30-47(48)18-24-55(25-19-47)46(60)33-10-8-32(9-11-33)38-29-56(23-17-43(38)61-3)41(45(50)51)27-39(49)36-6-4-5-7-42(36)58;1-2/h4-13,26-28,35,38,43,52,58H,14-25,29-30,49-51H2,1-3H3,(H,53,59);1H2/b39-27-;. The number of nitrogens with zero attached hydrogens (tertiary/aromatic N) is 4. The number of carbonyl (C=O) groups is 3. The molecule has 3 aliphatic rings. The number of benzene rings is 3. The zero-order chi connectivity index (χ0) is 45.3. The zero-order valence-corrected chi connectivity index (χ0v) is 36.8. The predicted octanol–water partition coefficient (Wildman–Crippen LogP) is 5.19. The van der Waals surface area contributed by atoms with E-state index in [9.17, 15) is 14.7 Å². The second kappa shape index (κ2) is 21.0. The van der Waals surface area contributed by atoms with Crippen LogP contribution in [0.25, 0.3) is 16.6 Å². The summed E-state index contributed by atoms with van der Waals surface area (Å²) in [6.45, 7) is 8.67. The summed E-state index contributed by atoms with van der Waals surface area (Å²) in [4.78, 5) is 40.1. The number of hydrogen-bond donors (Lipinski definition) is 6. The van der Waals surface area contributed by atoms with Gasteiger partial charge in [0.2, 0.25) is 5.91 Å². The van der Waals surface area contributed by atoms with Crippen LogP contribution in [0.2, 0.25) is 0 Å². The third kappa shape index (κ3) is 11.0. The van der Waals surface area contributed by atoms with Gasteiger partial charge in [0, 0.05) is 130 Å². The lowest BCUT2D eigenvalue weighted by molar-refractivity contribution is -0.116. The predicted molar refractivity (Wildman–Crippen MR) is 246 cm³/mol. The molecule has 0 aliphatic carbocycles. The third-order valence-electron chi connectivity index (χ3n) is 12.9. The quantitative estimate of drug-likeness (QED) is 0.0968. The van der Waals surface area contributed by atoms with Crippen molar-refractivity contribution in [2.45, 2.75) is 69.2 Å². The Balaban J connectivity index is 0.00000326. The molecule has 2 atom stereocenters. The Kier molecular flexibility index (Phi) is 15.5. The number of nitrogens with two attached hydrogens (primary N) is 3. The number of hydrogen-bond acceptors (Lipinski definition) is 11. The van der Waals surface area contributed by atoms with Gasteiger partial charge in [-0.25, -0.2) is 4.39 Å². The van der Waals surface area contributed by atoms with Gasteiger partial charge in [-0.3, -0.25) is 9.59 Å². The zero-order valence-electron chi connectivity index (χ0n) is 36.8. The molecule has 338 valence electrons. The molecule has 3 aromatic carbocycles. The van der Waals surface area contributed by atoms with Crippen LogP contribution < -0.4 is 27.8 Å². The van der Waals surface area contributed by atoms with Crippen molar-refractivity contribution in [1.29, 1.82) is 0 Å². The number of para-hydroxylation sites is 1. The average molecular weight is 866 g/mol. The number of likely N-dealkylation sites (tertiary alicyclic amines) is 3. The summed E-state index contributed by atoms with van der Waals surface area (Å²) in [6, 6.07) is 20.9. The number of methoxy groups -OCH3 is 1. The Morgan fingerprint density at radius 1 is 0.952 bits per heavy atom. The molecule has 1 aromatic heterocycles. The van der Waals surface area contributed by atoms with Crippen molar-refractivity contribution in [3.63, 3.8) is 0 Å². The number of allylic oxidation sites excluding steroid dienone is 1. The molecular weight excluding hydrogens is 802 g/mol. The molecule has 15 heteroatoms. The van der Waals surface area contributed by atoms with Gasteiger partial charge in [0.05, 0.1) is 11.8 Å². The Bertz CT molecular complexity index is 2260. The van der Waals surface area contributed by atoms with E-state index < -0.39 is 5.67 Å². The molecule has 0 saturated carbocycles. The van der Waals surface area contributed by atoms with Crippen LogP contribution in [0.5, 0.6) is 5.75 Å². The molecule has 0 spiro atoms. The highest BCUT2D eigenvalue weighted by Crippen LogP contribution is 2.36. The number of phenolic OH excluding ortho intramolecular Hbond substituents is 1. The van der Waals surface area contributed by atoms with E-state index in [1.807, 2.05) is 44.2 Å². The number of aryl methyl sites for hydroxylation is 1. The number of halogens is 1. The number of phenols is 1. The molecule has 63 heavy (non-hydrogen) atoms. The largest absolute Gasteiger partial charge is 0.507 e. The Morgan fingerprint density at radius 3 is 2.30 bits per heavy atom. The number of fused-ring (bicyclic) bond motifs is 1. The van der Waals surface area contributed by atoms with Crippen molar-refractivity contribution in [3.05, 3.63) is 113 Å². The van der Waals surface area contributed by atoms with E-state index >= 15 is 4.39 Å². The van der Waals surface area contributed by atoms with Gasteiger partial charge < -0.3 is 61.7 Å². The van der Waals surface area contributed by atoms with E-state index in [-0.39, 0.29) is 35.4 Å². The number of aromatic nitrogens is 1. The maximum absolute atomic E-state index is 16.4. The number of rotatable bonds is 13. The SMILES string of the molecule is C=O.CNCCC(=O)Nc1ccc2c(c1)c(C)cn2C1CCN(CC2(F)CCN(C(=O)c3ccc(C4CN(C(/C=C(\N)c5ccccc5O)=C(N)N)CCC4OC)cc3)CC2)CC1. The minimum Gasteiger partial charge on any atom is -0.507 e. The van der Waals surface area contributed by atoms with Crippen molar-refractivity contribution >= 4 is 40.9 Å². The summed E-state index contributed by atoms with van der Waals surface area (Å²) in [7, 11) is 3.54. The molecule has 3 fully saturated rings. The monoisotopic (exact) mass is 866 g/mol. The van der Waals surface area contributed by atoms with Crippen molar-refractivity contribution in [2.75, 3.05) is 71.8 Å². The molecule has 3 saturated heterocycles. The van der Waals surface area contributed by atoms with E-state index in [4.69, 9.17) is 26.7 Å². The van der Waals surface area contributed by atoms with Gasteiger partial charge in [0.15, 0.2) is 0 Å². The Hall–Kier alpha value is -5.90. The maximum Gasteiger partial charge on any atom is 0.253 e. The smallest absolute Gasteiger partial charge is 0.253 e. The lowest BCUT2D eigenvalue weighted by atomic mass is 9.86. The van der Waals surface area contributed by atoms with Crippen LogP contribution in [0.1, 0.15) is 77.5 Å². The summed E-state index contributed by atoms with van der Waals surface area (Å²) in [5.41, 5.74) is 23.5. The van der Waals surface area contributed by atoms with Crippen LogP contribution in [0.3, 0.4) is 0 Å².